The number of aliphatic hydroxyl groups excluding tert-OH is 1. The minimum atomic E-state index is -0.212. The van der Waals surface area contributed by atoms with Gasteiger partial charge in [-0.3, -0.25) is 19.9 Å². The summed E-state index contributed by atoms with van der Waals surface area (Å²) in [4.78, 5) is 24.4. The van der Waals surface area contributed by atoms with Crippen molar-refractivity contribution >= 4 is 0 Å². The molecule has 8 heteroatoms. The summed E-state index contributed by atoms with van der Waals surface area (Å²) in [5, 5.41) is 18.3. The Labute approximate surface area is 156 Å². The lowest BCUT2D eigenvalue weighted by molar-refractivity contribution is 0.299. The fourth-order valence-corrected chi connectivity index (χ4v) is 3.51. The summed E-state index contributed by atoms with van der Waals surface area (Å²) in [5.41, 5.74) is 6.06. The number of H-pyrrole nitrogens is 3. The number of aliphatic hydroxyl groups is 1. The Kier molecular flexibility index (Phi) is 4.91. The van der Waals surface area contributed by atoms with Crippen LogP contribution in [0.2, 0.25) is 0 Å². The second-order valence-electron chi connectivity index (χ2n) is 7.00. The van der Waals surface area contributed by atoms with Crippen molar-refractivity contribution in [2.24, 2.45) is 0 Å². The average Bonchev–Trinajstić information content (AvgIpc) is 3.33. The molecule has 1 saturated carbocycles. The molecule has 27 heavy (non-hydrogen) atoms. The Morgan fingerprint density at radius 2 is 2.07 bits per heavy atom. The Hall–Kier alpha value is -2.71. The third-order valence-corrected chi connectivity index (χ3v) is 5.05. The molecule has 3 aromatic heterocycles. The van der Waals surface area contributed by atoms with Gasteiger partial charge in [0, 0.05) is 55.6 Å². The quantitative estimate of drug-likeness (QED) is 0.409. The van der Waals surface area contributed by atoms with E-state index in [9.17, 15) is 9.90 Å². The van der Waals surface area contributed by atoms with Crippen LogP contribution in [0.3, 0.4) is 0 Å². The van der Waals surface area contributed by atoms with Crippen LogP contribution in [-0.4, -0.2) is 42.9 Å². The molecule has 3 heterocycles. The average molecular weight is 368 g/mol. The summed E-state index contributed by atoms with van der Waals surface area (Å²) in [6.45, 7) is 2.91. The van der Waals surface area contributed by atoms with Crippen molar-refractivity contribution in [2.45, 2.75) is 45.2 Å². The SMILES string of the molecule is Cc1[nH]c(Cc2nccnc2-c2c[nH][nH]c2=O)c(CNC2CC2)c1CCO. The van der Waals surface area contributed by atoms with E-state index in [0.717, 1.165) is 29.2 Å². The fraction of sp³-hybridized carbons (Fsp3) is 0.421. The monoisotopic (exact) mass is 368 g/mol. The molecule has 0 radical (unpaired) electrons. The van der Waals surface area contributed by atoms with E-state index in [-0.39, 0.29) is 12.2 Å². The van der Waals surface area contributed by atoms with E-state index < -0.39 is 0 Å². The van der Waals surface area contributed by atoms with Gasteiger partial charge < -0.3 is 20.5 Å². The molecule has 0 atom stereocenters. The van der Waals surface area contributed by atoms with Crippen molar-refractivity contribution in [3.05, 3.63) is 57.2 Å². The number of aryl methyl sites for hydroxylation is 1. The van der Waals surface area contributed by atoms with Gasteiger partial charge in [-0.2, -0.15) is 0 Å². The van der Waals surface area contributed by atoms with Gasteiger partial charge in [-0.1, -0.05) is 0 Å². The summed E-state index contributed by atoms with van der Waals surface area (Å²) in [5.74, 6) is 0. The number of aromatic amines is 3. The molecule has 8 nitrogen and oxygen atoms in total. The lowest BCUT2D eigenvalue weighted by atomic mass is 10.0. The van der Waals surface area contributed by atoms with Gasteiger partial charge in [-0.25, -0.2) is 0 Å². The maximum absolute atomic E-state index is 12.0. The van der Waals surface area contributed by atoms with Gasteiger partial charge in [0.15, 0.2) is 0 Å². The summed E-state index contributed by atoms with van der Waals surface area (Å²) < 4.78 is 0. The third-order valence-electron chi connectivity index (χ3n) is 5.05. The molecular formula is C19H24N6O2. The van der Waals surface area contributed by atoms with Crippen LogP contribution in [0, 0.1) is 6.92 Å². The predicted octanol–water partition coefficient (Wildman–Crippen LogP) is 1.17. The molecule has 0 aromatic carbocycles. The van der Waals surface area contributed by atoms with Crippen molar-refractivity contribution < 1.29 is 5.11 Å². The van der Waals surface area contributed by atoms with Gasteiger partial charge in [0.1, 0.15) is 0 Å². The van der Waals surface area contributed by atoms with E-state index in [4.69, 9.17) is 0 Å². The van der Waals surface area contributed by atoms with Gasteiger partial charge in [0.25, 0.3) is 5.56 Å². The molecule has 4 rings (SSSR count). The zero-order valence-electron chi connectivity index (χ0n) is 15.3. The van der Waals surface area contributed by atoms with E-state index in [1.165, 1.54) is 18.4 Å². The van der Waals surface area contributed by atoms with E-state index in [1.54, 1.807) is 18.6 Å². The molecule has 3 aromatic rings. The van der Waals surface area contributed by atoms with E-state index in [1.807, 2.05) is 6.92 Å². The molecule has 0 unspecified atom stereocenters. The first-order valence-electron chi connectivity index (χ1n) is 9.27. The normalized spacial score (nSPS) is 14.0. The van der Waals surface area contributed by atoms with Gasteiger partial charge in [-0.15, -0.1) is 0 Å². The van der Waals surface area contributed by atoms with Crippen LogP contribution in [0.25, 0.3) is 11.3 Å². The van der Waals surface area contributed by atoms with Crippen molar-refractivity contribution in [1.82, 2.24) is 30.5 Å². The fourth-order valence-electron chi connectivity index (χ4n) is 3.51. The Morgan fingerprint density at radius 3 is 2.78 bits per heavy atom. The van der Waals surface area contributed by atoms with Crippen LogP contribution in [0.4, 0.5) is 0 Å². The molecule has 0 saturated heterocycles. The van der Waals surface area contributed by atoms with Gasteiger partial charge >= 0.3 is 0 Å². The summed E-state index contributed by atoms with van der Waals surface area (Å²) in [6, 6.07) is 0.598. The molecule has 142 valence electrons. The van der Waals surface area contributed by atoms with Crippen molar-refractivity contribution in [1.29, 1.82) is 0 Å². The lowest BCUT2D eigenvalue weighted by Gasteiger charge is -2.10. The summed E-state index contributed by atoms with van der Waals surface area (Å²) in [7, 11) is 0. The first-order chi connectivity index (χ1) is 13.2. The third kappa shape index (κ3) is 3.72. The predicted molar refractivity (Wildman–Crippen MR) is 101 cm³/mol. The van der Waals surface area contributed by atoms with Crippen LogP contribution in [0.15, 0.2) is 23.4 Å². The number of nitrogens with one attached hydrogen (secondary N) is 4. The first-order valence-corrected chi connectivity index (χ1v) is 9.27. The van der Waals surface area contributed by atoms with Crippen LogP contribution in [-0.2, 0) is 19.4 Å². The van der Waals surface area contributed by atoms with E-state index in [0.29, 0.717) is 30.1 Å². The van der Waals surface area contributed by atoms with Crippen LogP contribution < -0.4 is 10.9 Å². The van der Waals surface area contributed by atoms with Crippen LogP contribution in [0.1, 0.15) is 41.1 Å². The molecule has 1 aliphatic rings. The second kappa shape index (κ2) is 7.50. The molecule has 0 amide bonds. The Balaban J connectivity index is 1.69. The van der Waals surface area contributed by atoms with Gasteiger partial charge in [-0.05, 0) is 37.3 Å². The highest BCUT2D eigenvalue weighted by Crippen LogP contribution is 2.26. The standard InChI is InChI=1S/C19H24N6O2/c1-11-13(4-7-26)14(9-22-12-2-3-12)16(24-11)8-17-18(21-6-5-20-17)15-10-23-25-19(15)27/h5-6,10,12,22,24,26H,2-4,7-9H2,1H3,(H2,23,25,27). The van der Waals surface area contributed by atoms with Gasteiger partial charge in [0.2, 0.25) is 0 Å². The summed E-state index contributed by atoms with van der Waals surface area (Å²) >= 11 is 0. The maximum Gasteiger partial charge on any atom is 0.273 e. The molecule has 5 N–H and O–H groups in total. The highest BCUT2D eigenvalue weighted by Gasteiger charge is 2.23. The first kappa shape index (κ1) is 17.7. The largest absolute Gasteiger partial charge is 0.396 e. The maximum atomic E-state index is 12.0. The minimum absolute atomic E-state index is 0.115. The highest BCUT2D eigenvalue weighted by molar-refractivity contribution is 5.60. The molecule has 0 spiro atoms. The second-order valence-corrected chi connectivity index (χ2v) is 7.00. The van der Waals surface area contributed by atoms with Crippen molar-refractivity contribution in [2.75, 3.05) is 6.61 Å². The zero-order valence-corrected chi connectivity index (χ0v) is 15.3. The molecular weight excluding hydrogens is 344 g/mol. The van der Waals surface area contributed by atoms with E-state index in [2.05, 4.69) is 30.5 Å². The molecule has 1 aliphatic carbocycles. The topological polar surface area (TPSA) is 122 Å². The number of aromatic nitrogens is 5. The number of hydrogen-bond donors (Lipinski definition) is 5. The van der Waals surface area contributed by atoms with Crippen LogP contribution >= 0.6 is 0 Å². The zero-order chi connectivity index (χ0) is 18.8. The van der Waals surface area contributed by atoms with Crippen molar-refractivity contribution in [3.8, 4) is 11.3 Å². The molecule has 1 fully saturated rings. The number of nitrogens with zero attached hydrogens (tertiary/aromatic N) is 2. The smallest absolute Gasteiger partial charge is 0.273 e. The Bertz CT molecular complexity index is 982. The van der Waals surface area contributed by atoms with Crippen LogP contribution in [0.5, 0.6) is 0 Å². The lowest BCUT2D eigenvalue weighted by Crippen LogP contribution is -2.17. The highest BCUT2D eigenvalue weighted by atomic mass is 16.3. The number of hydrogen-bond acceptors (Lipinski definition) is 5. The molecule has 0 bridgehead atoms. The number of rotatable bonds is 8. The minimum Gasteiger partial charge on any atom is -0.396 e. The van der Waals surface area contributed by atoms with Gasteiger partial charge in [0.05, 0.1) is 17.0 Å². The summed E-state index contributed by atoms with van der Waals surface area (Å²) in [6.07, 6.45) is 8.46. The molecule has 0 aliphatic heterocycles. The van der Waals surface area contributed by atoms with E-state index >= 15 is 0 Å². The Morgan fingerprint density at radius 1 is 1.26 bits per heavy atom. The van der Waals surface area contributed by atoms with Crippen molar-refractivity contribution in [3.63, 3.8) is 0 Å².